The van der Waals surface area contributed by atoms with Crippen LogP contribution >= 0.6 is 11.8 Å². The van der Waals surface area contributed by atoms with Crippen LogP contribution in [0.1, 0.15) is 51.1 Å². The Hall–Kier alpha value is -0.480. The standard InChI is InChI=1S/C14H25N3S/c1-4-17-10-12(9-15-17)11(2)16-13-6-5-7-14(8-13)18-3/h9-11,13-14,16H,4-8H2,1-3H3. The van der Waals surface area contributed by atoms with Gasteiger partial charge in [0.15, 0.2) is 0 Å². The van der Waals surface area contributed by atoms with Crippen LogP contribution in [0.4, 0.5) is 0 Å². The van der Waals surface area contributed by atoms with E-state index < -0.39 is 0 Å². The molecular weight excluding hydrogens is 242 g/mol. The van der Waals surface area contributed by atoms with Crippen LogP contribution in [0.3, 0.4) is 0 Å². The van der Waals surface area contributed by atoms with Gasteiger partial charge in [0.1, 0.15) is 0 Å². The molecule has 0 radical (unpaired) electrons. The molecule has 3 atom stereocenters. The fourth-order valence-electron chi connectivity index (χ4n) is 2.74. The van der Waals surface area contributed by atoms with Crippen molar-refractivity contribution in [2.24, 2.45) is 0 Å². The molecule has 0 saturated heterocycles. The van der Waals surface area contributed by atoms with Crippen LogP contribution in [0.25, 0.3) is 0 Å². The molecule has 1 saturated carbocycles. The number of aryl methyl sites for hydroxylation is 1. The lowest BCUT2D eigenvalue weighted by Gasteiger charge is -2.30. The minimum atomic E-state index is 0.413. The predicted molar refractivity (Wildman–Crippen MR) is 79.0 cm³/mol. The van der Waals surface area contributed by atoms with Crippen LogP contribution in [-0.4, -0.2) is 27.3 Å². The minimum Gasteiger partial charge on any atom is -0.307 e. The Kier molecular flexibility index (Phi) is 5.13. The SMILES string of the molecule is CCn1cc(C(C)NC2CCCC(SC)C2)cn1. The summed E-state index contributed by atoms with van der Waals surface area (Å²) in [6.07, 6.45) is 11.8. The van der Waals surface area contributed by atoms with Crippen molar-refractivity contribution in [3.8, 4) is 0 Å². The lowest BCUT2D eigenvalue weighted by atomic mass is 9.94. The molecule has 1 heterocycles. The van der Waals surface area contributed by atoms with Crippen molar-refractivity contribution in [1.82, 2.24) is 15.1 Å². The molecule has 3 unspecified atom stereocenters. The summed E-state index contributed by atoms with van der Waals surface area (Å²) in [7, 11) is 0. The number of nitrogens with zero attached hydrogens (tertiary/aromatic N) is 2. The molecule has 1 aromatic heterocycles. The first kappa shape index (κ1) is 13.9. The summed E-state index contributed by atoms with van der Waals surface area (Å²) in [5, 5.41) is 8.97. The number of hydrogen-bond donors (Lipinski definition) is 1. The van der Waals surface area contributed by atoms with Crippen LogP contribution in [-0.2, 0) is 6.54 Å². The quantitative estimate of drug-likeness (QED) is 0.888. The Morgan fingerprint density at radius 1 is 1.56 bits per heavy atom. The van der Waals surface area contributed by atoms with Crippen molar-refractivity contribution in [3.05, 3.63) is 18.0 Å². The van der Waals surface area contributed by atoms with Gasteiger partial charge in [0.25, 0.3) is 0 Å². The lowest BCUT2D eigenvalue weighted by molar-refractivity contribution is 0.353. The second-order valence-electron chi connectivity index (χ2n) is 5.24. The van der Waals surface area contributed by atoms with Crippen LogP contribution in [0.15, 0.2) is 12.4 Å². The van der Waals surface area contributed by atoms with Crippen LogP contribution in [0.2, 0.25) is 0 Å². The Labute approximate surface area is 115 Å². The second kappa shape index (κ2) is 6.62. The predicted octanol–water partition coefficient (Wildman–Crippen LogP) is 3.23. The maximum absolute atomic E-state index is 4.35. The minimum absolute atomic E-state index is 0.413. The first-order valence-corrected chi connectivity index (χ1v) is 8.33. The van der Waals surface area contributed by atoms with E-state index in [1.54, 1.807) is 0 Å². The molecule has 0 spiro atoms. The molecule has 102 valence electrons. The maximum atomic E-state index is 4.35. The highest BCUT2D eigenvalue weighted by molar-refractivity contribution is 7.99. The van der Waals surface area contributed by atoms with Crippen LogP contribution < -0.4 is 5.32 Å². The average molecular weight is 267 g/mol. The largest absolute Gasteiger partial charge is 0.307 e. The smallest absolute Gasteiger partial charge is 0.0537 e. The van der Waals surface area contributed by atoms with E-state index in [1.165, 1.54) is 31.2 Å². The van der Waals surface area contributed by atoms with Crippen LogP contribution in [0.5, 0.6) is 0 Å². The summed E-state index contributed by atoms with van der Waals surface area (Å²) in [6, 6.07) is 1.09. The van der Waals surface area contributed by atoms with Gasteiger partial charge in [0, 0.05) is 35.6 Å². The van der Waals surface area contributed by atoms with E-state index in [-0.39, 0.29) is 0 Å². The molecule has 1 aliphatic carbocycles. The molecule has 0 amide bonds. The van der Waals surface area contributed by atoms with Gasteiger partial charge in [-0.3, -0.25) is 4.68 Å². The molecule has 0 bridgehead atoms. The molecule has 1 fully saturated rings. The number of nitrogens with one attached hydrogen (secondary N) is 1. The Morgan fingerprint density at radius 3 is 3.06 bits per heavy atom. The van der Waals surface area contributed by atoms with Gasteiger partial charge in [0.2, 0.25) is 0 Å². The van der Waals surface area contributed by atoms with Crippen molar-refractivity contribution in [2.45, 2.75) is 63.4 Å². The van der Waals surface area contributed by atoms with E-state index in [2.05, 4.69) is 36.7 Å². The maximum Gasteiger partial charge on any atom is 0.0537 e. The average Bonchev–Trinajstić information content (AvgIpc) is 2.88. The van der Waals surface area contributed by atoms with Gasteiger partial charge in [-0.2, -0.15) is 16.9 Å². The Morgan fingerprint density at radius 2 is 2.39 bits per heavy atom. The molecule has 1 aliphatic rings. The van der Waals surface area contributed by atoms with Crippen LogP contribution in [0, 0.1) is 0 Å². The van der Waals surface area contributed by atoms with E-state index in [9.17, 15) is 0 Å². The fourth-order valence-corrected chi connectivity index (χ4v) is 3.56. The molecule has 2 rings (SSSR count). The molecule has 18 heavy (non-hydrogen) atoms. The van der Waals surface area contributed by atoms with E-state index in [0.717, 1.165) is 11.8 Å². The fraction of sp³-hybridized carbons (Fsp3) is 0.786. The summed E-state index contributed by atoms with van der Waals surface area (Å²) in [5.74, 6) is 0. The zero-order valence-corrected chi connectivity index (χ0v) is 12.5. The summed E-state index contributed by atoms with van der Waals surface area (Å²) < 4.78 is 2.00. The summed E-state index contributed by atoms with van der Waals surface area (Å²) in [5.41, 5.74) is 1.31. The highest BCUT2D eigenvalue weighted by Crippen LogP contribution is 2.28. The van der Waals surface area contributed by atoms with Crippen molar-refractivity contribution >= 4 is 11.8 Å². The summed E-state index contributed by atoms with van der Waals surface area (Å²) >= 11 is 2.02. The van der Waals surface area contributed by atoms with Crippen molar-refractivity contribution < 1.29 is 0 Å². The van der Waals surface area contributed by atoms with E-state index in [1.807, 2.05) is 22.6 Å². The van der Waals surface area contributed by atoms with E-state index in [0.29, 0.717) is 12.1 Å². The highest BCUT2D eigenvalue weighted by Gasteiger charge is 2.22. The van der Waals surface area contributed by atoms with Gasteiger partial charge in [-0.15, -0.1) is 0 Å². The topological polar surface area (TPSA) is 29.9 Å². The third kappa shape index (κ3) is 3.51. The van der Waals surface area contributed by atoms with E-state index >= 15 is 0 Å². The normalized spacial score (nSPS) is 26.2. The van der Waals surface area contributed by atoms with Crippen molar-refractivity contribution in [1.29, 1.82) is 0 Å². The van der Waals surface area contributed by atoms with Gasteiger partial charge in [0.05, 0.1) is 6.20 Å². The van der Waals surface area contributed by atoms with Gasteiger partial charge >= 0.3 is 0 Å². The van der Waals surface area contributed by atoms with Gasteiger partial charge in [-0.25, -0.2) is 0 Å². The Balaban J connectivity index is 1.88. The van der Waals surface area contributed by atoms with Gasteiger partial charge < -0.3 is 5.32 Å². The molecule has 0 aromatic carbocycles. The zero-order valence-electron chi connectivity index (χ0n) is 11.7. The summed E-state index contributed by atoms with van der Waals surface area (Å²) in [4.78, 5) is 0. The van der Waals surface area contributed by atoms with Crippen molar-refractivity contribution in [3.63, 3.8) is 0 Å². The van der Waals surface area contributed by atoms with Crippen molar-refractivity contribution in [2.75, 3.05) is 6.26 Å². The summed E-state index contributed by atoms with van der Waals surface area (Å²) in [6.45, 7) is 5.32. The molecule has 3 nitrogen and oxygen atoms in total. The van der Waals surface area contributed by atoms with Gasteiger partial charge in [-0.1, -0.05) is 6.42 Å². The molecule has 1 aromatic rings. The zero-order chi connectivity index (χ0) is 13.0. The number of aromatic nitrogens is 2. The van der Waals surface area contributed by atoms with E-state index in [4.69, 9.17) is 0 Å². The first-order chi connectivity index (χ1) is 8.72. The molecule has 1 N–H and O–H groups in total. The number of rotatable bonds is 5. The molecule has 4 heteroatoms. The molecular formula is C14H25N3S. The third-order valence-electron chi connectivity index (χ3n) is 3.92. The highest BCUT2D eigenvalue weighted by atomic mass is 32.2. The molecule has 0 aliphatic heterocycles. The second-order valence-corrected chi connectivity index (χ2v) is 6.38. The monoisotopic (exact) mass is 267 g/mol. The first-order valence-electron chi connectivity index (χ1n) is 7.04. The Bertz CT molecular complexity index is 364. The lowest BCUT2D eigenvalue weighted by Crippen LogP contribution is -2.36. The number of hydrogen-bond acceptors (Lipinski definition) is 3. The third-order valence-corrected chi connectivity index (χ3v) is 5.02. The van der Waals surface area contributed by atoms with Gasteiger partial charge in [-0.05, 0) is 39.4 Å². The number of thioether (sulfide) groups is 1.